The van der Waals surface area contributed by atoms with E-state index in [2.05, 4.69) is 60.1 Å². The third-order valence-corrected chi connectivity index (χ3v) is 5.65. The third kappa shape index (κ3) is 3.75. The van der Waals surface area contributed by atoms with Crippen molar-refractivity contribution in [2.75, 3.05) is 31.1 Å². The Balaban J connectivity index is 1.51. The largest absolute Gasteiger partial charge is 0.338 e. The molecule has 0 amide bonds. The number of aryl methyl sites for hydroxylation is 1. The molecule has 7 heteroatoms. The van der Waals surface area contributed by atoms with Crippen LogP contribution in [0.1, 0.15) is 19.8 Å². The Kier molecular flexibility index (Phi) is 5.50. The van der Waals surface area contributed by atoms with Crippen LogP contribution in [0.15, 0.2) is 42.7 Å². The summed E-state index contributed by atoms with van der Waals surface area (Å²) < 4.78 is 5.51. The summed E-state index contributed by atoms with van der Waals surface area (Å²) in [5.41, 5.74) is 2.47. The molecule has 27 heavy (non-hydrogen) atoms. The van der Waals surface area contributed by atoms with Crippen molar-refractivity contribution in [1.29, 1.82) is 0 Å². The average Bonchev–Trinajstić information content (AvgIpc) is 2.99. The molecule has 3 heterocycles. The molecule has 0 N–H and O–H groups in total. The number of imidazole rings is 1. The zero-order chi connectivity index (χ0) is 18.6. The smallest absolute Gasteiger partial charge is 0.225 e. The number of unbranched alkanes of at least 4 members (excludes halogenated alkanes) is 1. The van der Waals surface area contributed by atoms with Crippen LogP contribution in [0.3, 0.4) is 0 Å². The molecule has 1 aliphatic rings. The molecule has 0 aliphatic carbocycles. The summed E-state index contributed by atoms with van der Waals surface area (Å²) in [5.74, 6) is 0.824. The summed E-state index contributed by atoms with van der Waals surface area (Å²) in [7, 11) is 0. The summed E-state index contributed by atoms with van der Waals surface area (Å²) >= 11 is 5.84. The van der Waals surface area contributed by atoms with Crippen LogP contribution in [0, 0.1) is 4.77 Å². The quantitative estimate of drug-likeness (QED) is 0.610. The van der Waals surface area contributed by atoms with Crippen molar-refractivity contribution in [1.82, 2.24) is 24.0 Å². The molecule has 0 bridgehead atoms. The van der Waals surface area contributed by atoms with E-state index in [1.54, 1.807) is 12.4 Å². The fourth-order valence-corrected chi connectivity index (χ4v) is 4.03. The average molecular weight is 383 g/mol. The lowest BCUT2D eigenvalue weighted by Crippen LogP contribution is -2.47. The number of anilines is 1. The molecule has 6 nitrogen and oxygen atoms in total. The number of piperazine rings is 1. The molecule has 142 valence electrons. The summed E-state index contributed by atoms with van der Waals surface area (Å²) in [6.07, 6.45) is 5.93. The number of fused-ring (bicyclic) bond motifs is 1. The van der Waals surface area contributed by atoms with E-state index in [0.29, 0.717) is 0 Å². The van der Waals surface area contributed by atoms with E-state index in [-0.39, 0.29) is 0 Å². The lowest BCUT2D eigenvalue weighted by atomic mass is 10.3. The first-order valence-electron chi connectivity index (χ1n) is 9.70. The van der Waals surface area contributed by atoms with Crippen LogP contribution >= 0.6 is 12.2 Å². The van der Waals surface area contributed by atoms with E-state index in [0.717, 1.165) is 56.5 Å². The van der Waals surface area contributed by atoms with E-state index in [1.165, 1.54) is 17.5 Å². The van der Waals surface area contributed by atoms with E-state index in [9.17, 15) is 0 Å². The van der Waals surface area contributed by atoms with E-state index >= 15 is 0 Å². The molecule has 0 atom stereocenters. The van der Waals surface area contributed by atoms with Gasteiger partial charge >= 0.3 is 0 Å². The van der Waals surface area contributed by atoms with E-state index in [4.69, 9.17) is 12.2 Å². The van der Waals surface area contributed by atoms with Gasteiger partial charge in [0.1, 0.15) is 0 Å². The van der Waals surface area contributed by atoms with Crippen molar-refractivity contribution in [2.24, 2.45) is 0 Å². The maximum atomic E-state index is 5.84. The van der Waals surface area contributed by atoms with Crippen LogP contribution in [0.2, 0.25) is 0 Å². The molecule has 1 saturated heterocycles. The molecule has 0 saturated carbocycles. The van der Waals surface area contributed by atoms with Crippen LogP contribution in [0.4, 0.5) is 5.95 Å². The zero-order valence-corrected chi connectivity index (χ0v) is 16.6. The Morgan fingerprint density at radius 2 is 1.59 bits per heavy atom. The van der Waals surface area contributed by atoms with Crippen LogP contribution in [-0.4, -0.2) is 50.2 Å². The molecule has 2 aromatic heterocycles. The second kappa shape index (κ2) is 8.19. The van der Waals surface area contributed by atoms with Gasteiger partial charge in [0.25, 0.3) is 0 Å². The summed E-state index contributed by atoms with van der Waals surface area (Å²) in [6, 6.07) is 10.4. The minimum Gasteiger partial charge on any atom is -0.338 e. The van der Waals surface area contributed by atoms with Gasteiger partial charge in [-0.05, 0) is 36.8 Å². The molecule has 0 radical (unpaired) electrons. The molecule has 3 aromatic rings. The lowest BCUT2D eigenvalue weighted by molar-refractivity contribution is 0.206. The second-order valence-electron chi connectivity index (χ2n) is 7.00. The van der Waals surface area contributed by atoms with Crippen LogP contribution in [0.5, 0.6) is 0 Å². The molecular weight excluding hydrogens is 356 g/mol. The fraction of sp³-hybridized carbons (Fsp3) is 0.450. The number of hydrogen-bond donors (Lipinski definition) is 0. The van der Waals surface area contributed by atoms with Crippen LogP contribution in [0.25, 0.3) is 11.0 Å². The minimum atomic E-state index is 0.824. The number of nitrogens with zero attached hydrogens (tertiary/aromatic N) is 6. The maximum absolute atomic E-state index is 5.84. The normalized spacial score (nSPS) is 15.5. The summed E-state index contributed by atoms with van der Waals surface area (Å²) in [5, 5.41) is 0. The van der Waals surface area contributed by atoms with Crippen molar-refractivity contribution in [3.63, 3.8) is 0 Å². The third-order valence-electron chi connectivity index (χ3n) is 5.21. The van der Waals surface area contributed by atoms with Gasteiger partial charge in [0.05, 0.1) is 17.7 Å². The molecular formula is C20H26N6S. The second-order valence-corrected chi connectivity index (χ2v) is 7.36. The fourth-order valence-electron chi connectivity index (χ4n) is 3.69. The van der Waals surface area contributed by atoms with Gasteiger partial charge in [-0.15, -0.1) is 0 Å². The number of hydrogen-bond acceptors (Lipinski definition) is 5. The number of para-hydroxylation sites is 2. The highest BCUT2D eigenvalue weighted by Crippen LogP contribution is 2.20. The number of benzene rings is 1. The Morgan fingerprint density at radius 3 is 2.26 bits per heavy atom. The Labute approximate surface area is 165 Å². The predicted molar refractivity (Wildman–Crippen MR) is 111 cm³/mol. The molecule has 0 spiro atoms. The minimum absolute atomic E-state index is 0.824. The van der Waals surface area contributed by atoms with E-state index < -0.39 is 0 Å². The standard InChI is InChI=1S/C20H26N6S/c1-2-3-11-25-17-7-4-5-8-18(17)26(20(25)27)16-23-12-14-24(15-13-23)19-21-9-6-10-22-19/h4-10H,2-3,11-16H2,1H3. The Hall–Kier alpha value is -2.25. The highest BCUT2D eigenvalue weighted by atomic mass is 32.1. The van der Waals surface area contributed by atoms with E-state index in [1.807, 2.05) is 6.07 Å². The predicted octanol–water partition coefficient (Wildman–Crippen LogP) is 3.54. The molecule has 1 aliphatic heterocycles. The highest BCUT2D eigenvalue weighted by molar-refractivity contribution is 7.71. The van der Waals surface area contributed by atoms with Crippen molar-refractivity contribution < 1.29 is 0 Å². The molecule has 0 unspecified atom stereocenters. The van der Waals surface area contributed by atoms with Gasteiger partial charge in [-0.1, -0.05) is 25.5 Å². The van der Waals surface area contributed by atoms with Gasteiger partial charge in [0, 0.05) is 45.1 Å². The maximum Gasteiger partial charge on any atom is 0.225 e. The topological polar surface area (TPSA) is 42.1 Å². The molecule has 4 rings (SSSR count). The van der Waals surface area contributed by atoms with Crippen molar-refractivity contribution >= 4 is 29.2 Å². The molecule has 1 aromatic carbocycles. The van der Waals surface area contributed by atoms with Gasteiger partial charge in [-0.3, -0.25) is 4.90 Å². The number of aromatic nitrogens is 4. The monoisotopic (exact) mass is 382 g/mol. The summed E-state index contributed by atoms with van der Waals surface area (Å²) in [6.45, 7) is 7.88. The van der Waals surface area contributed by atoms with Crippen molar-refractivity contribution in [3.05, 3.63) is 47.5 Å². The highest BCUT2D eigenvalue weighted by Gasteiger charge is 2.20. The Bertz CT molecular complexity index is 940. The summed E-state index contributed by atoms with van der Waals surface area (Å²) in [4.78, 5) is 13.5. The van der Waals surface area contributed by atoms with Gasteiger partial charge in [-0.2, -0.15) is 0 Å². The van der Waals surface area contributed by atoms with Gasteiger partial charge < -0.3 is 14.0 Å². The first-order chi connectivity index (χ1) is 13.3. The van der Waals surface area contributed by atoms with Crippen LogP contribution < -0.4 is 4.90 Å². The lowest BCUT2D eigenvalue weighted by Gasteiger charge is -2.34. The first-order valence-corrected chi connectivity index (χ1v) is 10.1. The first kappa shape index (κ1) is 18.1. The SMILES string of the molecule is CCCCn1c(=S)n(CN2CCN(c3ncccn3)CC2)c2ccccc21. The van der Waals surface area contributed by atoms with Gasteiger partial charge in [0.15, 0.2) is 4.77 Å². The number of rotatable bonds is 6. The van der Waals surface area contributed by atoms with Gasteiger partial charge in [-0.25, -0.2) is 9.97 Å². The Morgan fingerprint density at radius 1 is 0.926 bits per heavy atom. The molecule has 1 fully saturated rings. The van der Waals surface area contributed by atoms with Crippen LogP contribution in [-0.2, 0) is 13.2 Å². The zero-order valence-electron chi connectivity index (χ0n) is 15.8. The van der Waals surface area contributed by atoms with Crippen molar-refractivity contribution in [3.8, 4) is 0 Å². The van der Waals surface area contributed by atoms with Crippen molar-refractivity contribution in [2.45, 2.75) is 33.0 Å². The van der Waals surface area contributed by atoms with Gasteiger partial charge in [0.2, 0.25) is 5.95 Å².